The van der Waals surface area contributed by atoms with Gasteiger partial charge in [0, 0.05) is 23.4 Å². The van der Waals surface area contributed by atoms with E-state index < -0.39 is 5.25 Å². The third-order valence-corrected chi connectivity index (χ3v) is 7.90. The van der Waals surface area contributed by atoms with Gasteiger partial charge in [-0.2, -0.15) is 0 Å². The second kappa shape index (κ2) is 11.7. The molecule has 1 saturated carbocycles. The van der Waals surface area contributed by atoms with Crippen molar-refractivity contribution in [3.05, 3.63) is 94.3 Å². The predicted molar refractivity (Wildman–Crippen MR) is 154 cm³/mol. The van der Waals surface area contributed by atoms with Crippen molar-refractivity contribution in [3.8, 4) is 5.75 Å². The second-order valence-electron chi connectivity index (χ2n) is 9.48. The van der Waals surface area contributed by atoms with Crippen LogP contribution in [0.5, 0.6) is 5.75 Å². The fourth-order valence-corrected chi connectivity index (χ4v) is 5.20. The highest BCUT2D eigenvalue weighted by Gasteiger charge is 2.24. The minimum absolute atomic E-state index is 0.0855. The third-order valence-electron chi connectivity index (χ3n) is 6.54. The fourth-order valence-electron chi connectivity index (χ4n) is 4.19. The van der Waals surface area contributed by atoms with Gasteiger partial charge in [-0.15, -0.1) is 0 Å². The molecule has 0 saturated heterocycles. The van der Waals surface area contributed by atoms with Gasteiger partial charge in [-0.25, -0.2) is 4.98 Å². The van der Waals surface area contributed by atoms with E-state index in [-0.39, 0.29) is 30.0 Å². The van der Waals surface area contributed by atoms with Gasteiger partial charge in [0.1, 0.15) is 5.75 Å². The summed E-state index contributed by atoms with van der Waals surface area (Å²) in [7, 11) is 1.58. The van der Waals surface area contributed by atoms with Gasteiger partial charge in [-0.1, -0.05) is 49.0 Å². The van der Waals surface area contributed by atoms with E-state index in [0.29, 0.717) is 39.5 Å². The van der Waals surface area contributed by atoms with Gasteiger partial charge in [-0.05, 0) is 61.2 Å². The molecular weight excluding hydrogens is 512 g/mol. The highest BCUT2D eigenvalue weighted by Crippen LogP contribution is 2.27. The van der Waals surface area contributed by atoms with Gasteiger partial charge in [0.25, 0.3) is 11.5 Å². The number of hydrogen-bond donors (Lipinski definition) is 2. The minimum atomic E-state index is -0.482. The lowest BCUT2D eigenvalue weighted by atomic mass is 10.1. The number of nitrogens with zero attached hydrogens (tertiary/aromatic N) is 2. The predicted octanol–water partition coefficient (Wildman–Crippen LogP) is 4.86. The SMILES string of the molecule is CC[C@H](Sc1nc2ccccc2c(=O)n1Cc1ccc(C(=O)NC2CC2)cc1)C(=O)Nc1cccc(OC)c1. The number of carbonyl (C=O) groups excluding carboxylic acids is 2. The number of aromatic nitrogens is 2. The standard InChI is InChI=1S/C30H30N4O4S/c1-3-26(28(36)32-22-7-6-8-23(17-22)38-2)39-30-33-25-10-5-4-9-24(25)29(37)34(30)18-19-11-13-20(14-12-19)27(35)31-21-15-16-21/h4-14,17,21,26H,3,15-16,18H2,1-2H3,(H,31,35)(H,32,36)/t26-/m0/s1. The number of amides is 2. The van der Waals surface area contributed by atoms with E-state index in [0.717, 1.165) is 18.4 Å². The van der Waals surface area contributed by atoms with Gasteiger partial charge < -0.3 is 15.4 Å². The Kier molecular flexibility index (Phi) is 7.97. The first-order valence-electron chi connectivity index (χ1n) is 13.0. The van der Waals surface area contributed by atoms with Gasteiger partial charge in [-0.3, -0.25) is 19.0 Å². The van der Waals surface area contributed by atoms with Crippen LogP contribution < -0.4 is 20.9 Å². The van der Waals surface area contributed by atoms with E-state index in [2.05, 4.69) is 10.6 Å². The number of rotatable bonds is 10. The zero-order valence-electron chi connectivity index (χ0n) is 21.8. The van der Waals surface area contributed by atoms with Crippen LogP contribution in [0, 0.1) is 0 Å². The fraction of sp³-hybridized carbons (Fsp3) is 0.267. The first-order chi connectivity index (χ1) is 18.9. The molecule has 1 fully saturated rings. The lowest BCUT2D eigenvalue weighted by Crippen LogP contribution is -2.28. The monoisotopic (exact) mass is 542 g/mol. The molecule has 2 amide bonds. The van der Waals surface area contributed by atoms with Crippen LogP contribution in [0.2, 0.25) is 0 Å². The van der Waals surface area contributed by atoms with Crippen LogP contribution in [-0.2, 0) is 11.3 Å². The normalized spacial score (nSPS) is 13.6. The molecule has 200 valence electrons. The van der Waals surface area contributed by atoms with Crippen molar-refractivity contribution < 1.29 is 14.3 Å². The summed E-state index contributed by atoms with van der Waals surface area (Å²) in [6, 6.07) is 21.9. The quantitative estimate of drug-likeness (QED) is 0.219. The summed E-state index contributed by atoms with van der Waals surface area (Å²) in [4.78, 5) is 44.0. The number of hydrogen-bond acceptors (Lipinski definition) is 6. The lowest BCUT2D eigenvalue weighted by Gasteiger charge is -2.18. The maximum Gasteiger partial charge on any atom is 0.262 e. The van der Waals surface area contributed by atoms with E-state index in [9.17, 15) is 14.4 Å². The van der Waals surface area contributed by atoms with Crippen LogP contribution in [0.4, 0.5) is 5.69 Å². The molecule has 1 heterocycles. The molecule has 39 heavy (non-hydrogen) atoms. The molecule has 4 aromatic rings. The molecule has 1 aliphatic rings. The number of ether oxygens (including phenoxy) is 1. The van der Waals surface area contributed by atoms with Crippen LogP contribution in [0.15, 0.2) is 82.7 Å². The Morgan fingerprint density at radius 2 is 1.85 bits per heavy atom. The minimum Gasteiger partial charge on any atom is -0.497 e. The van der Waals surface area contributed by atoms with E-state index in [1.54, 1.807) is 48.1 Å². The summed E-state index contributed by atoms with van der Waals surface area (Å²) in [6.07, 6.45) is 2.59. The Morgan fingerprint density at radius 1 is 1.08 bits per heavy atom. The van der Waals surface area contributed by atoms with E-state index in [1.165, 1.54) is 11.8 Å². The molecule has 0 bridgehead atoms. The first kappa shape index (κ1) is 26.5. The molecule has 8 nitrogen and oxygen atoms in total. The van der Waals surface area contributed by atoms with Crippen molar-refractivity contribution in [2.75, 3.05) is 12.4 Å². The van der Waals surface area contributed by atoms with Gasteiger partial charge in [0.2, 0.25) is 5.91 Å². The molecular formula is C30H30N4O4S. The molecule has 9 heteroatoms. The van der Waals surface area contributed by atoms with E-state index in [4.69, 9.17) is 9.72 Å². The number of nitrogens with one attached hydrogen (secondary N) is 2. The molecule has 0 aliphatic heterocycles. The van der Waals surface area contributed by atoms with E-state index in [1.807, 2.05) is 43.3 Å². The Morgan fingerprint density at radius 3 is 2.56 bits per heavy atom. The van der Waals surface area contributed by atoms with Gasteiger partial charge >= 0.3 is 0 Å². The summed E-state index contributed by atoms with van der Waals surface area (Å²) in [6.45, 7) is 2.19. The largest absolute Gasteiger partial charge is 0.497 e. The number of anilines is 1. The lowest BCUT2D eigenvalue weighted by molar-refractivity contribution is -0.115. The Hall–Kier alpha value is -4.11. The summed E-state index contributed by atoms with van der Waals surface area (Å²) in [5.74, 6) is 0.378. The average Bonchev–Trinajstić information content (AvgIpc) is 3.78. The summed E-state index contributed by atoms with van der Waals surface area (Å²) in [5, 5.41) is 6.43. The molecule has 3 aromatic carbocycles. The highest BCUT2D eigenvalue weighted by atomic mass is 32.2. The molecule has 1 aromatic heterocycles. The number of thioether (sulfide) groups is 1. The molecule has 0 spiro atoms. The molecule has 0 radical (unpaired) electrons. The number of benzene rings is 3. The number of carbonyl (C=O) groups is 2. The van der Waals surface area contributed by atoms with Crippen LogP contribution in [0.25, 0.3) is 10.9 Å². The number of methoxy groups -OCH3 is 1. The van der Waals surface area contributed by atoms with Crippen LogP contribution in [-0.4, -0.2) is 39.8 Å². The van der Waals surface area contributed by atoms with Crippen molar-refractivity contribution in [2.24, 2.45) is 0 Å². The van der Waals surface area contributed by atoms with Crippen molar-refractivity contribution in [3.63, 3.8) is 0 Å². The summed E-state index contributed by atoms with van der Waals surface area (Å²) >= 11 is 1.27. The molecule has 5 rings (SSSR count). The van der Waals surface area contributed by atoms with Crippen LogP contribution >= 0.6 is 11.8 Å². The van der Waals surface area contributed by atoms with Crippen molar-refractivity contribution >= 4 is 40.2 Å². The Labute approximate surface area is 230 Å². The van der Waals surface area contributed by atoms with Gasteiger partial charge in [0.15, 0.2) is 5.16 Å². The Bertz CT molecular complexity index is 1560. The Balaban J connectivity index is 1.42. The average molecular weight is 543 g/mol. The maximum absolute atomic E-state index is 13.6. The van der Waals surface area contributed by atoms with Crippen molar-refractivity contribution in [1.29, 1.82) is 0 Å². The summed E-state index contributed by atoms with van der Waals surface area (Å²) < 4.78 is 6.86. The van der Waals surface area contributed by atoms with E-state index >= 15 is 0 Å². The zero-order valence-corrected chi connectivity index (χ0v) is 22.7. The zero-order chi connectivity index (χ0) is 27.4. The first-order valence-corrected chi connectivity index (χ1v) is 13.8. The van der Waals surface area contributed by atoms with Crippen molar-refractivity contribution in [1.82, 2.24) is 14.9 Å². The molecule has 0 unspecified atom stereocenters. The molecule has 1 atom stereocenters. The smallest absolute Gasteiger partial charge is 0.262 e. The summed E-state index contributed by atoms with van der Waals surface area (Å²) in [5.41, 5.74) is 2.48. The topological polar surface area (TPSA) is 102 Å². The van der Waals surface area contributed by atoms with Crippen LogP contribution in [0.1, 0.15) is 42.1 Å². The number of para-hydroxylation sites is 1. The molecule has 1 aliphatic carbocycles. The highest BCUT2D eigenvalue weighted by molar-refractivity contribution is 8.00. The van der Waals surface area contributed by atoms with Gasteiger partial charge in [0.05, 0.1) is 29.8 Å². The second-order valence-corrected chi connectivity index (χ2v) is 10.7. The third kappa shape index (κ3) is 6.31. The van der Waals surface area contributed by atoms with Crippen molar-refractivity contribution in [2.45, 2.75) is 49.2 Å². The number of fused-ring (bicyclic) bond motifs is 1. The maximum atomic E-state index is 13.6. The molecule has 2 N–H and O–H groups in total. The van der Waals surface area contributed by atoms with Crippen LogP contribution in [0.3, 0.4) is 0 Å².